The van der Waals surface area contributed by atoms with Crippen LogP contribution in [0.5, 0.6) is 5.75 Å². The standard InChI is InChI=1S/C15H28N4O/c1-5-15(8-6-7-9-15)14(18-16)13-12(20-4)10-17-19(13)11(2)3/h10-11,14,18H,5-9,16H2,1-4H3. The summed E-state index contributed by atoms with van der Waals surface area (Å²) in [6.07, 6.45) is 7.91. The Labute approximate surface area is 121 Å². The monoisotopic (exact) mass is 280 g/mol. The summed E-state index contributed by atoms with van der Waals surface area (Å²) >= 11 is 0. The van der Waals surface area contributed by atoms with Crippen LogP contribution < -0.4 is 16.0 Å². The number of nitrogens with zero attached hydrogens (tertiary/aromatic N) is 2. The van der Waals surface area contributed by atoms with Gasteiger partial charge < -0.3 is 4.74 Å². The zero-order chi connectivity index (χ0) is 14.8. The van der Waals surface area contributed by atoms with Crippen LogP contribution in [0.1, 0.15) is 70.7 Å². The van der Waals surface area contributed by atoms with Gasteiger partial charge in [0.2, 0.25) is 0 Å². The summed E-state index contributed by atoms with van der Waals surface area (Å²) in [7, 11) is 1.70. The number of methoxy groups -OCH3 is 1. The maximum absolute atomic E-state index is 5.95. The molecule has 0 bridgehead atoms. The molecule has 1 unspecified atom stereocenters. The molecule has 0 amide bonds. The summed E-state index contributed by atoms with van der Waals surface area (Å²) < 4.78 is 7.57. The van der Waals surface area contributed by atoms with E-state index >= 15 is 0 Å². The fourth-order valence-corrected chi connectivity index (χ4v) is 3.67. The minimum Gasteiger partial charge on any atom is -0.493 e. The van der Waals surface area contributed by atoms with Gasteiger partial charge in [0.1, 0.15) is 0 Å². The number of rotatable bonds is 6. The highest BCUT2D eigenvalue weighted by Crippen LogP contribution is 2.51. The molecule has 0 saturated heterocycles. The van der Waals surface area contributed by atoms with Crippen LogP contribution >= 0.6 is 0 Å². The van der Waals surface area contributed by atoms with Gasteiger partial charge in [0.25, 0.3) is 0 Å². The van der Waals surface area contributed by atoms with Crippen LogP contribution in [0.25, 0.3) is 0 Å². The van der Waals surface area contributed by atoms with Crippen LogP contribution in [-0.2, 0) is 0 Å². The van der Waals surface area contributed by atoms with Gasteiger partial charge in [-0.2, -0.15) is 5.10 Å². The van der Waals surface area contributed by atoms with Crippen LogP contribution in [0, 0.1) is 5.41 Å². The van der Waals surface area contributed by atoms with Gasteiger partial charge in [0, 0.05) is 6.04 Å². The first-order valence-electron chi connectivity index (χ1n) is 7.67. The van der Waals surface area contributed by atoms with Crippen molar-refractivity contribution in [3.8, 4) is 5.75 Å². The Morgan fingerprint density at radius 1 is 1.45 bits per heavy atom. The van der Waals surface area contributed by atoms with Crippen molar-refractivity contribution in [3.63, 3.8) is 0 Å². The largest absolute Gasteiger partial charge is 0.493 e. The Hall–Kier alpha value is -1.07. The van der Waals surface area contributed by atoms with E-state index in [1.54, 1.807) is 13.3 Å². The van der Waals surface area contributed by atoms with Crippen molar-refractivity contribution < 1.29 is 4.74 Å². The van der Waals surface area contributed by atoms with Crippen LogP contribution in [0.2, 0.25) is 0 Å². The molecular formula is C15H28N4O. The molecule has 1 atom stereocenters. The molecule has 1 heterocycles. The number of hydrogen-bond donors (Lipinski definition) is 2. The lowest BCUT2D eigenvalue weighted by Crippen LogP contribution is -2.41. The van der Waals surface area contributed by atoms with E-state index in [0.717, 1.165) is 17.9 Å². The molecule has 1 aromatic heterocycles. The highest BCUT2D eigenvalue weighted by atomic mass is 16.5. The highest BCUT2D eigenvalue weighted by Gasteiger charge is 2.43. The third kappa shape index (κ3) is 2.44. The molecule has 3 N–H and O–H groups in total. The first-order valence-corrected chi connectivity index (χ1v) is 7.67. The van der Waals surface area contributed by atoms with E-state index in [-0.39, 0.29) is 11.5 Å². The van der Waals surface area contributed by atoms with Crippen molar-refractivity contribution in [2.75, 3.05) is 7.11 Å². The van der Waals surface area contributed by atoms with Crippen LogP contribution in [-0.4, -0.2) is 16.9 Å². The summed E-state index contributed by atoms with van der Waals surface area (Å²) in [6, 6.07) is 0.384. The Balaban J connectivity index is 2.48. The number of ether oxygens (including phenoxy) is 1. The topological polar surface area (TPSA) is 65.1 Å². The number of hydrazine groups is 1. The normalized spacial score (nSPS) is 19.5. The van der Waals surface area contributed by atoms with E-state index < -0.39 is 0 Å². The molecule has 2 rings (SSSR count). The van der Waals surface area contributed by atoms with Crippen molar-refractivity contribution in [1.82, 2.24) is 15.2 Å². The Morgan fingerprint density at radius 2 is 2.10 bits per heavy atom. The van der Waals surface area contributed by atoms with Crippen LogP contribution in [0.4, 0.5) is 0 Å². The number of aromatic nitrogens is 2. The molecular weight excluding hydrogens is 252 g/mol. The van der Waals surface area contributed by atoms with Gasteiger partial charge in [0.05, 0.1) is 25.0 Å². The molecule has 1 fully saturated rings. The highest BCUT2D eigenvalue weighted by molar-refractivity contribution is 5.30. The second-order valence-electron chi connectivity index (χ2n) is 6.16. The van der Waals surface area contributed by atoms with Gasteiger partial charge in [-0.05, 0) is 38.5 Å². The van der Waals surface area contributed by atoms with Crippen LogP contribution in [0.15, 0.2) is 6.20 Å². The molecule has 114 valence electrons. The summed E-state index contributed by atoms with van der Waals surface area (Å²) in [4.78, 5) is 0. The van der Waals surface area contributed by atoms with Crippen molar-refractivity contribution in [2.24, 2.45) is 11.3 Å². The second-order valence-corrected chi connectivity index (χ2v) is 6.16. The molecule has 1 aromatic rings. The predicted octanol–water partition coefficient (Wildman–Crippen LogP) is 2.95. The lowest BCUT2D eigenvalue weighted by atomic mass is 9.75. The summed E-state index contributed by atoms with van der Waals surface area (Å²) in [5.41, 5.74) is 4.38. The average molecular weight is 280 g/mol. The lowest BCUT2D eigenvalue weighted by Gasteiger charge is -2.37. The molecule has 5 nitrogen and oxygen atoms in total. The number of nitrogens with one attached hydrogen (secondary N) is 1. The third-order valence-corrected chi connectivity index (χ3v) is 4.86. The van der Waals surface area contributed by atoms with Gasteiger partial charge in [-0.3, -0.25) is 16.0 Å². The summed E-state index contributed by atoms with van der Waals surface area (Å²) in [5, 5.41) is 4.49. The zero-order valence-electron chi connectivity index (χ0n) is 13.1. The predicted molar refractivity (Wildman–Crippen MR) is 80.4 cm³/mol. The number of nitrogens with two attached hydrogens (primary N) is 1. The molecule has 0 radical (unpaired) electrons. The number of hydrogen-bond acceptors (Lipinski definition) is 4. The molecule has 1 aliphatic rings. The van der Waals surface area contributed by atoms with Gasteiger partial charge >= 0.3 is 0 Å². The molecule has 20 heavy (non-hydrogen) atoms. The Bertz CT molecular complexity index is 435. The molecule has 0 aromatic carbocycles. The van der Waals surface area contributed by atoms with Crippen molar-refractivity contribution in [3.05, 3.63) is 11.9 Å². The average Bonchev–Trinajstić information content (AvgIpc) is 3.07. The van der Waals surface area contributed by atoms with Gasteiger partial charge in [-0.25, -0.2) is 0 Å². The summed E-state index contributed by atoms with van der Waals surface area (Å²) in [5.74, 6) is 6.79. The van der Waals surface area contributed by atoms with Crippen molar-refractivity contribution >= 4 is 0 Å². The fraction of sp³-hybridized carbons (Fsp3) is 0.800. The van der Waals surface area contributed by atoms with E-state index in [0.29, 0.717) is 6.04 Å². The second kappa shape index (κ2) is 6.14. The van der Waals surface area contributed by atoms with E-state index in [1.807, 2.05) is 4.68 Å². The molecule has 5 heteroatoms. The Morgan fingerprint density at radius 3 is 2.55 bits per heavy atom. The van der Waals surface area contributed by atoms with Gasteiger partial charge in [0.15, 0.2) is 5.75 Å². The molecule has 0 spiro atoms. The van der Waals surface area contributed by atoms with Crippen LogP contribution in [0.3, 0.4) is 0 Å². The summed E-state index contributed by atoms with van der Waals surface area (Å²) in [6.45, 7) is 6.53. The molecule has 1 aliphatic carbocycles. The Kier molecular flexibility index (Phi) is 4.70. The first kappa shape index (κ1) is 15.3. The third-order valence-electron chi connectivity index (χ3n) is 4.86. The van der Waals surface area contributed by atoms with E-state index in [2.05, 4.69) is 31.3 Å². The van der Waals surface area contributed by atoms with Gasteiger partial charge in [-0.1, -0.05) is 19.8 Å². The fourth-order valence-electron chi connectivity index (χ4n) is 3.67. The van der Waals surface area contributed by atoms with Gasteiger partial charge in [-0.15, -0.1) is 0 Å². The minimum absolute atomic E-state index is 0.0925. The zero-order valence-corrected chi connectivity index (χ0v) is 13.1. The van der Waals surface area contributed by atoms with Crippen molar-refractivity contribution in [2.45, 2.75) is 65.0 Å². The SMILES string of the molecule is CCC1(C(NN)c2c(OC)cnn2C(C)C)CCCC1. The lowest BCUT2D eigenvalue weighted by molar-refractivity contribution is 0.174. The quantitative estimate of drug-likeness (QED) is 0.621. The maximum Gasteiger partial charge on any atom is 0.161 e. The molecule has 0 aliphatic heterocycles. The van der Waals surface area contributed by atoms with E-state index in [4.69, 9.17) is 10.6 Å². The first-order chi connectivity index (χ1) is 9.59. The van der Waals surface area contributed by atoms with Crippen molar-refractivity contribution in [1.29, 1.82) is 0 Å². The van der Waals surface area contributed by atoms with E-state index in [1.165, 1.54) is 25.7 Å². The maximum atomic E-state index is 5.95. The van der Waals surface area contributed by atoms with E-state index in [9.17, 15) is 0 Å². The minimum atomic E-state index is 0.0925. The molecule has 1 saturated carbocycles. The smallest absolute Gasteiger partial charge is 0.161 e.